The molecule has 2 N–H and O–H groups in total. The summed E-state index contributed by atoms with van der Waals surface area (Å²) in [5.74, 6) is 0.370. The monoisotopic (exact) mass is 423 g/mol. The SMILES string of the molecule is Cc1cc(C)nc(-n2nc(C)cc2NC(=O)CN2C(=O)NC(C3CC3)(C3CC3)C2=O)n1. The number of rotatable bonds is 6. The number of urea groups is 1. The molecule has 1 aliphatic heterocycles. The summed E-state index contributed by atoms with van der Waals surface area (Å²) in [5.41, 5.74) is 1.44. The topological polar surface area (TPSA) is 122 Å². The molecule has 4 amide bonds. The fourth-order valence-corrected chi connectivity index (χ4v) is 4.59. The summed E-state index contributed by atoms with van der Waals surface area (Å²) in [5, 5.41) is 10.1. The number of carbonyl (C=O) groups is 3. The van der Waals surface area contributed by atoms with Crippen molar-refractivity contribution in [2.24, 2.45) is 11.8 Å². The molecule has 10 heteroatoms. The van der Waals surface area contributed by atoms with Crippen molar-refractivity contribution in [1.82, 2.24) is 30.0 Å². The van der Waals surface area contributed by atoms with Gasteiger partial charge in [-0.1, -0.05) is 0 Å². The summed E-state index contributed by atoms with van der Waals surface area (Å²) < 4.78 is 1.46. The molecule has 3 heterocycles. The Balaban J connectivity index is 1.35. The molecule has 0 atom stereocenters. The van der Waals surface area contributed by atoms with E-state index in [1.807, 2.05) is 19.9 Å². The van der Waals surface area contributed by atoms with Crippen LogP contribution in [0.1, 0.15) is 42.8 Å². The van der Waals surface area contributed by atoms with Crippen LogP contribution in [0.2, 0.25) is 0 Å². The largest absolute Gasteiger partial charge is 0.325 e. The van der Waals surface area contributed by atoms with Crippen molar-refractivity contribution in [2.75, 3.05) is 11.9 Å². The van der Waals surface area contributed by atoms with Gasteiger partial charge >= 0.3 is 6.03 Å². The number of aromatic nitrogens is 4. The number of nitrogens with zero attached hydrogens (tertiary/aromatic N) is 5. The first-order valence-corrected chi connectivity index (χ1v) is 10.6. The number of hydrogen-bond acceptors (Lipinski definition) is 6. The molecule has 10 nitrogen and oxygen atoms in total. The summed E-state index contributed by atoms with van der Waals surface area (Å²) in [6.07, 6.45) is 3.77. The van der Waals surface area contributed by atoms with E-state index in [9.17, 15) is 14.4 Å². The van der Waals surface area contributed by atoms with Crippen LogP contribution >= 0.6 is 0 Å². The molecule has 0 aromatic carbocycles. The molecule has 2 aromatic rings. The van der Waals surface area contributed by atoms with Crippen LogP contribution in [0.3, 0.4) is 0 Å². The third-order valence-electron chi connectivity index (χ3n) is 6.16. The molecule has 0 bridgehead atoms. The van der Waals surface area contributed by atoms with E-state index in [0.717, 1.165) is 42.0 Å². The predicted molar refractivity (Wildman–Crippen MR) is 110 cm³/mol. The van der Waals surface area contributed by atoms with Gasteiger partial charge in [-0.3, -0.25) is 14.5 Å². The molecule has 31 heavy (non-hydrogen) atoms. The molecule has 5 rings (SSSR count). The van der Waals surface area contributed by atoms with Gasteiger partial charge in [-0.15, -0.1) is 0 Å². The van der Waals surface area contributed by atoms with Gasteiger partial charge in [0.2, 0.25) is 5.91 Å². The summed E-state index contributed by atoms with van der Waals surface area (Å²) >= 11 is 0. The lowest BCUT2D eigenvalue weighted by Crippen LogP contribution is -2.51. The first-order valence-electron chi connectivity index (χ1n) is 10.6. The number of nitrogens with one attached hydrogen (secondary N) is 2. The normalized spacial score (nSPS) is 20.2. The van der Waals surface area contributed by atoms with E-state index in [2.05, 4.69) is 25.7 Å². The van der Waals surface area contributed by atoms with Crippen molar-refractivity contribution >= 4 is 23.7 Å². The first-order chi connectivity index (χ1) is 14.8. The minimum Gasteiger partial charge on any atom is -0.323 e. The van der Waals surface area contributed by atoms with Gasteiger partial charge in [-0.2, -0.15) is 9.78 Å². The Bertz CT molecular complexity index is 1070. The van der Waals surface area contributed by atoms with Crippen LogP contribution in [0, 0.1) is 32.6 Å². The third-order valence-corrected chi connectivity index (χ3v) is 6.16. The van der Waals surface area contributed by atoms with Gasteiger partial charge in [0.1, 0.15) is 17.9 Å². The fraction of sp³-hybridized carbons (Fsp3) is 0.524. The maximum Gasteiger partial charge on any atom is 0.325 e. The predicted octanol–water partition coefficient (Wildman–Crippen LogP) is 1.64. The second-order valence-electron chi connectivity index (χ2n) is 8.82. The summed E-state index contributed by atoms with van der Waals surface area (Å²) in [6.45, 7) is 5.17. The van der Waals surface area contributed by atoms with E-state index in [-0.39, 0.29) is 24.3 Å². The molecule has 2 aliphatic carbocycles. The van der Waals surface area contributed by atoms with Gasteiger partial charge in [0.15, 0.2) is 0 Å². The number of anilines is 1. The highest BCUT2D eigenvalue weighted by molar-refractivity contribution is 6.10. The average Bonchev–Trinajstić information content (AvgIpc) is 3.60. The van der Waals surface area contributed by atoms with Gasteiger partial charge in [0.25, 0.3) is 11.9 Å². The molecule has 0 spiro atoms. The molecule has 0 unspecified atom stereocenters. The highest BCUT2D eigenvalue weighted by Gasteiger charge is 2.65. The van der Waals surface area contributed by atoms with Gasteiger partial charge in [0, 0.05) is 17.5 Å². The van der Waals surface area contributed by atoms with E-state index in [4.69, 9.17) is 0 Å². The highest BCUT2D eigenvalue weighted by atomic mass is 16.2. The summed E-state index contributed by atoms with van der Waals surface area (Å²) in [7, 11) is 0. The lowest BCUT2D eigenvalue weighted by molar-refractivity contribution is -0.135. The number of carbonyl (C=O) groups excluding carboxylic acids is 3. The number of amides is 4. The van der Waals surface area contributed by atoms with Gasteiger partial charge in [0.05, 0.1) is 5.69 Å². The molecular weight excluding hydrogens is 398 g/mol. The highest BCUT2D eigenvalue weighted by Crippen LogP contribution is 2.54. The Hall–Kier alpha value is -3.30. The Morgan fingerprint density at radius 2 is 1.68 bits per heavy atom. The zero-order valence-corrected chi connectivity index (χ0v) is 17.8. The third kappa shape index (κ3) is 3.35. The lowest BCUT2D eigenvalue weighted by atomic mass is 9.87. The maximum absolute atomic E-state index is 13.2. The fourth-order valence-electron chi connectivity index (χ4n) is 4.59. The summed E-state index contributed by atoms with van der Waals surface area (Å²) in [4.78, 5) is 48.4. The van der Waals surface area contributed by atoms with Crippen molar-refractivity contribution in [3.8, 4) is 5.95 Å². The van der Waals surface area contributed by atoms with Crippen molar-refractivity contribution < 1.29 is 14.4 Å². The maximum atomic E-state index is 13.2. The van der Waals surface area contributed by atoms with Gasteiger partial charge in [-0.25, -0.2) is 14.8 Å². The van der Waals surface area contributed by atoms with Crippen molar-refractivity contribution in [1.29, 1.82) is 0 Å². The minimum absolute atomic E-state index is 0.190. The lowest BCUT2D eigenvalue weighted by Gasteiger charge is -2.26. The quantitative estimate of drug-likeness (QED) is 0.681. The van der Waals surface area contributed by atoms with Gasteiger partial charge in [-0.05, 0) is 64.4 Å². The van der Waals surface area contributed by atoms with Crippen LogP contribution in [0.5, 0.6) is 0 Å². The Labute approximate surface area is 179 Å². The first kappa shape index (κ1) is 19.7. The average molecular weight is 423 g/mol. The molecule has 3 aliphatic rings. The molecule has 2 saturated carbocycles. The van der Waals surface area contributed by atoms with Crippen LogP contribution in [-0.2, 0) is 9.59 Å². The van der Waals surface area contributed by atoms with E-state index in [0.29, 0.717) is 17.5 Å². The van der Waals surface area contributed by atoms with Gasteiger partial charge < -0.3 is 10.6 Å². The van der Waals surface area contributed by atoms with Crippen LogP contribution < -0.4 is 10.6 Å². The van der Waals surface area contributed by atoms with Crippen molar-refractivity contribution in [3.05, 3.63) is 29.2 Å². The number of imide groups is 1. The molecule has 3 fully saturated rings. The Kier molecular flexibility index (Phi) is 4.35. The molecular formula is C21H25N7O3. The molecule has 2 aromatic heterocycles. The smallest absolute Gasteiger partial charge is 0.323 e. The van der Waals surface area contributed by atoms with Crippen LogP contribution in [-0.4, -0.2) is 54.6 Å². The van der Waals surface area contributed by atoms with Crippen molar-refractivity contribution in [2.45, 2.75) is 52.0 Å². The molecule has 1 saturated heterocycles. The van der Waals surface area contributed by atoms with Crippen LogP contribution in [0.15, 0.2) is 12.1 Å². The van der Waals surface area contributed by atoms with Crippen LogP contribution in [0.4, 0.5) is 10.6 Å². The molecule has 0 radical (unpaired) electrons. The number of aryl methyl sites for hydroxylation is 3. The van der Waals surface area contributed by atoms with E-state index in [1.54, 1.807) is 13.0 Å². The van der Waals surface area contributed by atoms with E-state index < -0.39 is 17.5 Å². The second-order valence-corrected chi connectivity index (χ2v) is 8.82. The Morgan fingerprint density at radius 1 is 1.06 bits per heavy atom. The summed E-state index contributed by atoms with van der Waals surface area (Å²) in [6, 6.07) is 3.06. The zero-order valence-electron chi connectivity index (χ0n) is 17.8. The Morgan fingerprint density at radius 3 is 2.26 bits per heavy atom. The standard InChI is InChI=1S/C21H25N7O3/c1-11-8-12(2)23-19(22-11)28-16(9-13(3)26-28)24-17(29)10-27-18(30)21(14-4-5-14,15-6-7-15)25-20(27)31/h8-9,14-15H,4-7,10H2,1-3H3,(H,24,29)(H,25,31). The zero-order chi connectivity index (χ0) is 21.9. The van der Waals surface area contributed by atoms with Crippen molar-refractivity contribution in [3.63, 3.8) is 0 Å². The number of hydrogen-bond donors (Lipinski definition) is 2. The van der Waals surface area contributed by atoms with Crippen LogP contribution in [0.25, 0.3) is 5.95 Å². The van der Waals surface area contributed by atoms with E-state index >= 15 is 0 Å². The minimum atomic E-state index is -0.803. The van der Waals surface area contributed by atoms with E-state index in [1.165, 1.54) is 4.68 Å². The molecule has 162 valence electrons. The second kappa shape index (κ2) is 6.86.